The number of ether oxygens (including phenoxy) is 1. The van der Waals surface area contributed by atoms with E-state index < -0.39 is 88.6 Å². The van der Waals surface area contributed by atoms with Crippen molar-refractivity contribution < 1.29 is 88.1 Å². The Hall–Kier alpha value is -10.8. The molecule has 3 aliphatic heterocycles. The van der Waals surface area contributed by atoms with Gasteiger partial charge in [0.15, 0.2) is 11.6 Å². The van der Waals surface area contributed by atoms with Crippen molar-refractivity contribution in [1.82, 2.24) is 0 Å². The van der Waals surface area contributed by atoms with Gasteiger partial charge in [0.25, 0.3) is 23.6 Å². The predicted octanol–water partition coefficient (Wildman–Crippen LogP) is 4.71. The third-order valence-electron chi connectivity index (χ3n) is 11.3. The third-order valence-corrected chi connectivity index (χ3v) is 16.5. The van der Waals surface area contributed by atoms with Crippen LogP contribution in [-0.2, 0) is 95.0 Å². The highest BCUT2D eigenvalue weighted by molar-refractivity contribution is 7.92. The number of hydrogen-bond donors (Lipinski definition) is 4. The Morgan fingerprint density at radius 1 is 0.393 bits per heavy atom. The second-order valence-electron chi connectivity index (χ2n) is 17.3. The summed E-state index contributed by atoms with van der Waals surface area (Å²) in [6, 6.07) is 34.6. The number of nitrogen functional groups attached to an aromatic ring is 2. The average molecular weight is 1200 g/mol. The Morgan fingerprint density at radius 3 is 0.964 bits per heavy atom. The standard InChI is InChI=1S/C22H18O8S.C20H12N2O6S.C12H12N2O2S.C4H2O3/c23-17(7-9-21(25)26)11-15-3-1-5-19(13-15)31(29,30)20-6-2-4-16(14-20)12-18(24)8-10-22(27)28;23-17-7-8-18(24)21(17)13-3-1-5-15(11-13)29(27,28)16-6-2-4-14(12-16)22-19(25)9-10-20(22)26;13-9-3-1-5-11(7-9)17(15,16)12-6-2-4-10(14)8-12;5-3-1-2-4(6)7-3/h1-10,13-14H,11-12H2,(H,25,26)(H,27,28);1-12H;1-8H,13-14H2;1-2H/b9-7+,10-8+;;;. The fourth-order valence-electron chi connectivity index (χ4n) is 7.46. The number of carbonyl (C=O) groups excluding carboxylic acids is 8. The quantitative estimate of drug-likeness (QED) is 0.0335. The van der Waals surface area contributed by atoms with Gasteiger partial charge in [0, 0.05) is 72.8 Å². The molecule has 6 N–H and O–H groups in total. The number of aliphatic carboxylic acids is 2. The van der Waals surface area contributed by atoms with Crippen molar-refractivity contribution in [2.24, 2.45) is 0 Å². The lowest BCUT2D eigenvalue weighted by Gasteiger charge is -2.16. The van der Waals surface area contributed by atoms with Crippen LogP contribution in [0.4, 0.5) is 22.7 Å². The molecule has 0 unspecified atom stereocenters. The number of amides is 4. The van der Waals surface area contributed by atoms with Crippen LogP contribution in [0.15, 0.2) is 236 Å². The fourth-order valence-corrected chi connectivity index (χ4v) is 11.6. The molecule has 4 amide bonds. The first kappa shape index (κ1) is 62.4. The van der Waals surface area contributed by atoms with Crippen LogP contribution in [0.5, 0.6) is 0 Å². The van der Waals surface area contributed by atoms with E-state index in [4.69, 9.17) is 21.7 Å². The summed E-state index contributed by atoms with van der Waals surface area (Å²) in [5, 5.41) is 17.1. The molecule has 0 fully saturated rings. The molecule has 6 aromatic rings. The molecule has 23 nitrogen and oxygen atoms in total. The van der Waals surface area contributed by atoms with Crippen molar-refractivity contribution in [2.45, 2.75) is 42.2 Å². The van der Waals surface area contributed by atoms with Crippen LogP contribution in [0.25, 0.3) is 0 Å². The number of allylic oxidation sites excluding steroid dienone is 2. The van der Waals surface area contributed by atoms with E-state index in [1.807, 2.05) is 0 Å². The maximum Gasteiger partial charge on any atom is 0.338 e. The molecule has 84 heavy (non-hydrogen) atoms. The van der Waals surface area contributed by atoms with Crippen molar-refractivity contribution in [3.63, 3.8) is 0 Å². The van der Waals surface area contributed by atoms with Crippen LogP contribution in [0, 0.1) is 0 Å². The summed E-state index contributed by atoms with van der Waals surface area (Å²) >= 11 is 0. The van der Waals surface area contributed by atoms with Crippen LogP contribution in [0.2, 0.25) is 0 Å². The Morgan fingerprint density at radius 2 is 0.679 bits per heavy atom. The van der Waals surface area contributed by atoms with E-state index in [9.17, 15) is 73.2 Å². The number of carbonyl (C=O) groups is 10. The maximum atomic E-state index is 13.1. The van der Waals surface area contributed by atoms with Gasteiger partial charge in [-0.2, -0.15) is 0 Å². The lowest BCUT2D eigenvalue weighted by Crippen LogP contribution is -2.29. The number of benzene rings is 6. The van der Waals surface area contributed by atoms with E-state index in [0.717, 1.165) is 58.4 Å². The van der Waals surface area contributed by atoms with Gasteiger partial charge in [-0.25, -0.2) is 54.2 Å². The van der Waals surface area contributed by atoms with E-state index in [1.165, 1.54) is 109 Å². The molecule has 3 aliphatic rings. The van der Waals surface area contributed by atoms with Gasteiger partial charge < -0.3 is 26.4 Å². The number of ketones is 2. The molecule has 0 atom stereocenters. The summed E-state index contributed by atoms with van der Waals surface area (Å²) in [4.78, 5) is 114. The number of hydrogen-bond acceptors (Lipinski definition) is 19. The Bertz CT molecular complexity index is 3940. The molecule has 9 rings (SSSR count). The maximum absolute atomic E-state index is 13.1. The lowest BCUT2D eigenvalue weighted by molar-refractivity contribution is -0.150. The zero-order valence-corrected chi connectivity index (χ0v) is 45.6. The number of esters is 2. The van der Waals surface area contributed by atoms with E-state index in [2.05, 4.69) is 4.74 Å². The summed E-state index contributed by atoms with van der Waals surface area (Å²) in [6.07, 6.45) is 9.47. The van der Waals surface area contributed by atoms with Gasteiger partial charge in [-0.3, -0.25) is 28.8 Å². The largest absolute Gasteiger partial charge is 0.478 e. The monoisotopic (exact) mass is 1200 g/mol. The van der Waals surface area contributed by atoms with Gasteiger partial charge in [0.2, 0.25) is 29.5 Å². The van der Waals surface area contributed by atoms with E-state index in [1.54, 1.807) is 36.4 Å². The van der Waals surface area contributed by atoms with Gasteiger partial charge >= 0.3 is 23.9 Å². The Labute approximate surface area is 478 Å². The minimum atomic E-state index is -4.05. The molecule has 0 spiro atoms. The lowest BCUT2D eigenvalue weighted by atomic mass is 10.1. The van der Waals surface area contributed by atoms with Crippen LogP contribution in [-0.4, -0.2) is 94.5 Å². The molecule has 26 heteroatoms. The van der Waals surface area contributed by atoms with Gasteiger partial charge in [-0.05, 0) is 120 Å². The summed E-state index contributed by atoms with van der Waals surface area (Å²) in [5.74, 6) is -6.93. The Kier molecular flexibility index (Phi) is 20.1. The van der Waals surface area contributed by atoms with Crippen molar-refractivity contribution >= 4 is 111 Å². The Balaban J connectivity index is 0.000000196. The number of anilines is 4. The highest BCUT2D eigenvalue weighted by Crippen LogP contribution is 2.30. The average Bonchev–Trinajstić information content (AvgIpc) is 3.66. The predicted molar refractivity (Wildman–Crippen MR) is 298 cm³/mol. The van der Waals surface area contributed by atoms with E-state index in [-0.39, 0.29) is 53.6 Å². The molecule has 0 radical (unpaired) electrons. The molecule has 0 bridgehead atoms. The molecule has 0 saturated carbocycles. The highest BCUT2D eigenvalue weighted by Gasteiger charge is 2.30. The summed E-state index contributed by atoms with van der Waals surface area (Å²) in [6.45, 7) is 0. The van der Waals surface area contributed by atoms with Gasteiger partial charge in [0.1, 0.15) is 0 Å². The van der Waals surface area contributed by atoms with E-state index in [0.29, 0.717) is 34.7 Å². The molecule has 6 aromatic carbocycles. The zero-order chi connectivity index (χ0) is 61.5. The second-order valence-corrected chi connectivity index (χ2v) is 23.2. The minimum absolute atomic E-state index is 0.0609. The number of sulfone groups is 3. The highest BCUT2D eigenvalue weighted by atomic mass is 32.2. The molecular weight excluding hydrogens is 1150 g/mol. The number of nitrogens with two attached hydrogens (primary N) is 2. The number of carboxylic acids is 2. The van der Waals surface area contributed by atoms with Crippen molar-refractivity contribution in [3.05, 3.63) is 217 Å². The molecule has 3 heterocycles. The number of rotatable bonds is 16. The molecular formula is C58H44N4O19S3. The number of nitrogens with zero attached hydrogens (tertiary/aromatic N) is 2. The first-order valence-electron chi connectivity index (χ1n) is 23.9. The first-order valence-corrected chi connectivity index (χ1v) is 28.4. The van der Waals surface area contributed by atoms with Crippen LogP contribution >= 0.6 is 0 Å². The van der Waals surface area contributed by atoms with Crippen LogP contribution in [0.3, 0.4) is 0 Å². The number of carboxylic acid groups (broad SMARTS) is 2. The molecule has 0 aliphatic carbocycles. The zero-order valence-electron chi connectivity index (χ0n) is 43.2. The van der Waals surface area contributed by atoms with Crippen molar-refractivity contribution in [1.29, 1.82) is 0 Å². The first-order chi connectivity index (χ1) is 39.6. The smallest absolute Gasteiger partial charge is 0.338 e. The normalized spacial score (nSPS) is 13.7. The molecule has 0 aromatic heterocycles. The van der Waals surface area contributed by atoms with Crippen LogP contribution < -0.4 is 21.3 Å². The minimum Gasteiger partial charge on any atom is -0.478 e. The third kappa shape index (κ3) is 16.4. The van der Waals surface area contributed by atoms with Gasteiger partial charge in [-0.1, -0.05) is 48.5 Å². The topological polar surface area (TPSA) is 381 Å². The molecule has 0 saturated heterocycles. The fraction of sp³-hybridized carbons (Fsp3) is 0.0345. The van der Waals surface area contributed by atoms with Gasteiger partial charge in [0.05, 0.1) is 40.7 Å². The second kappa shape index (κ2) is 27.1. The van der Waals surface area contributed by atoms with Crippen LogP contribution in [0.1, 0.15) is 11.1 Å². The summed E-state index contributed by atoms with van der Waals surface area (Å²) in [5.41, 5.74) is 13.0. The number of imide groups is 2. The SMILES string of the molecule is Nc1cccc(S(=O)(=O)c2cccc(N)c2)c1.O=C(O)/C=C/C(=O)Cc1cccc(S(=O)(=O)c2cccc(CC(=O)/C=C/C(=O)O)c2)c1.O=C1C=CC(=O)N1c1cccc(S(=O)(=O)c2cccc(N3C(=O)C=CC3=O)c2)c1.O=C1C=CC(=O)O1. The van der Waals surface area contributed by atoms with Crippen molar-refractivity contribution in [2.75, 3.05) is 21.3 Å². The van der Waals surface area contributed by atoms with E-state index >= 15 is 0 Å². The number of cyclic esters (lactones) is 2. The van der Waals surface area contributed by atoms with Crippen molar-refractivity contribution in [3.8, 4) is 0 Å². The van der Waals surface area contributed by atoms with Gasteiger partial charge in [-0.15, -0.1) is 0 Å². The summed E-state index contributed by atoms with van der Waals surface area (Å²) in [7, 11) is -11.6. The summed E-state index contributed by atoms with van der Waals surface area (Å²) < 4.78 is 80.6. The molecule has 428 valence electrons.